The number of rotatable bonds is 6. The molecule has 38 heavy (non-hydrogen) atoms. The molecular weight excluding hydrogens is 521 g/mol. The zero-order valence-electron chi connectivity index (χ0n) is 20.9. The average molecular weight is 549 g/mol. The topological polar surface area (TPSA) is 114 Å². The molecule has 0 spiro atoms. The van der Waals surface area contributed by atoms with E-state index in [0.29, 0.717) is 17.5 Å². The van der Waals surface area contributed by atoms with Crippen molar-refractivity contribution in [3.8, 4) is 0 Å². The van der Waals surface area contributed by atoms with Gasteiger partial charge in [-0.1, -0.05) is 5.16 Å². The number of hydrogen-bond acceptors (Lipinski definition) is 9. The number of piperidine rings is 1. The molecule has 2 bridgehead atoms. The van der Waals surface area contributed by atoms with Crippen molar-refractivity contribution in [1.82, 2.24) is 20.1 Å². The van der Waals surface area contributed by atoms with E-state index in [1.165, 1.54) is 18.5 Å². The number of nitrogens with one attached hydrogen (secondary N) is 1. The molecule has 1 N–H and O–H groups in total. The lowest BCUT2D eigenvalue weighted by Crippen LogP contribution is -2.43. The highest BCUT2D eigenvalue weighted by atomic mass is 32.2. The minimum absolute atomic E-state index is 0.0489. The van der Waals surface area contributed by atoms with Crippen LogP contribution < -0.4 is 10.2 Å². The number of anilines is 3. The third kappa shape index (κ3) is 4.50. The molecule has 2 saturated heterocycles. The van der Waals surface area contributed by atoms with Gasteiger partial charge in [0, 0.05) is 48.6 Å². The number of fused-ring (bicyclic) bond motifs is 2. The van der Waals surface area contributed by atoms with Crippen LogP contribution in [0.4, 0.5) is 30.5 Å². The highest BCUT2D eigenvalue weighted by molar-refractivity contribution is 7.90. The highest BCUT2D eigenvalue weighted by Crippen LogP contribution is 2.49. The van der Waals surface area contributed by atoms with E-state index in [9.17, 15) is 21.6 Å². The standard InChI is InChI=1S/C25H27F3N6O3S/c1-13-21(31-20-6-5-18(9-19(20)26)38(2,35)36)29-12-30-23(13)34-16-3-4-17(34)8-14(7-16)24-32-22(33-37-24)15-10-25(27,28)11-15/h5-6,9,12,14-17H,3-4,7-8,10-11H2,1-2H3,(H,29,30,31). The van der Waals surface area contributed by atoms with E-state index < -0.39 is 21.6 Å². The highest BCUT2D eigenvalue weighted by Gasteiger charge is 2.49. The fraction of sp³-hybridized carbons (Fsp3) is 0.520. The third-order valence-electron chi connectivity index (χ3n) is 7.92. The Morgan fingerprint density at radius 2 is 1.82 bits per heavy atom. The average Bonchev–Trinajstić information content (AvgIpc) is 3.42. The number of nitrogens with zero attached hydrogens (tertiary/aromatic N) is 5. The molecule has 2 aromatic heterocycles. The fourth-order valence-electron chi connectivity index (χ4n) is 5.93. The van der Waals surface area contributed by atoms with E-state index >= 15 is 0 Å². The molecule has 2 atom stereocenters. The monoisotopic (exact) mass is 548 g/mol. The Hall–Kier alpha value is -3.22. The van der Waals surface area contributed by atoms with Crippen molar-refractivity contribution in [3.63, 3.8) is 0 Å². The van der Waals surface area contributed by atoms with Gasteiger partial charge < -0.3 is 14.7 Å². The minimum atomic E-state index is -3.53. The van der Waals surface area contributed by atoms with Gasteiger partial charge in [0.25, 0.3) is 0 Å². The van der Waals surface area contributed by atoms with Crippen LogP contribution in [0.3, 0.4) is 0 Å². The van der Waals surface area contributed by atoms with Crippen molar-refractivity contribution < 1.29 is 26.1 Å². The quantitative estimate of drug-likeness (QED) is 0.460. The molecular formula is C25H27F3N6O3S. The summed E-state index contributed by atoms with van der Waals surface area (Å²) in [4.78, 5) is 15.5. The summed E-state index contributed by atoms with van der Waals surface area (Å²) in [6.45, 7) is 1.87. The SMILES string of the molecule is Cc1c(Nc2ccc(S(C)(=O)=O)cc2F)ncnc1N1C2CCC1CC(c1nc(C3CC(F)(F)C3)no1)C2. The Balaban J connectivity index is 1.19. The number of halogens is 3. The fourth-order valence-corrected chi connectivity index (χ4v) is 6.56. The lowest BCUT2D eigenvalue weighted by molar-refractivity contribution is -0.0888. The molecule has 3 fully saturated rings. The zero-order chi connectivity index (χ0) is 26.8. The molecule has 1 aliphatic carbocycles. The van der Waals surface area contributed by atoms with Gasteiger partial charge in [0.2, 0.25) is 11.8 Å². The van der Waals surface area contributed by atoms with Crippen LogP contribution >= 0.6 is 0 Å². The van der Waals surface area contributed by atoms with Crippen LogP contribution in [0.15, 0.2) is 33.9 Å². The first-order valence-corrected chi connectivity index (χ1v) is 14.5. The summed E-state index contributed by atoms with van der Waals surface area (Å²) in [6, 6.07) is 4.07. The first-order chi connectivity index (χ1) is 18.0. The summed E-state index contributed by atoms with van der Waals surface area (Å²) in [5.41, 5.74) is 0.865. The largest absolute Gasteiger partial charge is 0.350 e. The number of alkyl halides is 2. The Morgan fingerprint density at radius 1 is 1.11 bits per heavy atom. The van der Waals surface area contributed by atoms with E-state index in [4.69, 9.17) is 4.52 Å². The Labute approximate surface area is 217 Å². The number of hydrogen-bond donors (Lipinski definition) is 1. The van der Waals surface area contributed by atoms with Gasteiger partial charge in [-0.3, -0.25) is 0 Å². The second-order valence-electron chi connectivity index (χ2n) is 10.6. The van der Waals surface area contributed by atoms with E-state index in [-0.39, 0.29) is 47.3 Å². The molecule has 6 rings (SSSR count). The third-order valence-corrected chi connectivity index (χ3v) is 9.03. The normalized spacial score (nSPS) is 24.9. The molecule has 9 nitrogen and oxygen atoms in total. The van der Waals surface area contributed by atoms with Crippen LogP contribution in [-0.2, 0) is 9.84 Å². The van der Waals surface area contributed by atoms with Gasteiger partial charge in [-0.2, -0.15) is 4.98 Å². The molecule has 4 heterocycles. The van der Waals surface area contributed by atoms with E-state index in [0.717, 1.165) is 49.4 Å². The molecule has 3 aliphatic rings. The van der Waals surface area contributed by atoms with Gasteiger partial charge in [-0.15, -0.1) is 0 Å². The predicted molar refractivity (Wildman–Crippen MR) is 132 cm³/mol. The van der Waals surface area contributed by atoms with E-state index in [2.05, 4.69) is 30.3 Å². The second kappa shape index (κ2) is 8.92. The lowest BCUT2D eigenvalue weighted by Gasteiger charge is -2.39. The van der Waals surface area contributed by atoms with Crippen molar-refractivity contribution in [2.24, 2.45) is 0 Å². The Kier molecular flexibility index (Phi) is 5.89. The zero-order valence-corrected chi connectivity index (χ0v) is 21.7. The summed E-state index contributed by atoms with van der Waals surface area (Å²) in [6.07, 6.45) is 5.46. The van der Waals surface area contributed by atoms with Crippen LogP contribution in [0.25, 0.3) is 0 Å². The number of benzene rings is 1. The molecule has 3 aromatic rings. The maximum atomic E-state index is 14.7. The van der Waals surface area contributed by atoms with Crippen LogP contribution in [0, 0.1) is 12.7 Å². The van der Waals surface area contributed by atoms with Gasteiger partial charge in [-0.25, -0.2) is 31.6 Å². The van der Waals surface area contributed by atoms with E-state index in [1.54, 1.807) is 0 Å². The Bertz CT molecular complexity index is 1480. The maximum Gasteiger partial charge on any atom is 0.249 e. The van der Waals surface area contributed by atoms with Crippen molar-refractivity contribution >= 4 is 27.2 Å². The summed E-state index contributed by atoms with van der Waals surface area (Å²) in [5, 5.41) is 6.97. The van der Waals surface area contributed by atoms with Crippen molar-refractivity contribution in [2.75, 3.05) is 16.5 Å². The lowest BCUT2D eigenvalue weighted by atomic mass is 9.81. The predicted octanol–water partition coefficient (Wildman–Crippen LogP) is 4.88. The second-order valence-corrected chi connectivity index (χ2v) is 12.6. The van der Waals surface area contributed by atoms with Crippen LogP contribution in [0.1, 0.15) is 67.6 Å². The molecule has 13 heteroatoms. The molecule has 202 valence electrons. The summed E-state index contributed by atoms with van der Waals surface area (Å²) < 4.78 is 70.2. The first kappa shape index (κ1) is 25.1. The van der Waals surface area contributed by atoms with Crippen molar-refractivity contribution in [1.29, 1.82) is 0 Å². The molecule has 1 aromatic carbocycles. The number of sulfone groups is 1. The summed E-state index contributed by atoms with van der Waals surface area (Å²) >= 11 is 0. The smallest absolute Gasteiger partial charge is 0.249 e. The molecule has 2 aliphatic heterocycles. The maximum absolute atomic E-state index is 14.7. The van der Waals surface area contributed by atoms with Crippen molar-refractivity contribution in [2.45, 2.75) is 80.2 Å². The van der Waals surface area contributed by atoms with Crippen molar-refractivity contribution in [3.05, 3.63) is 47.6 Å². The van der Waals surface area contributed by atoms with Gasteiger partial charge >= 0.3 is 0 Å². The van der Waals surface area contributed by atoms with Gasteiger partial charge in [-0.05, 0) is 50.8 Å². The molecule has 2 unspecified atom stereocenters. The van der Waals surface area contributed by atoms with Gasteiger partial charge in [0.05, 0.1) is 10.6 Å². The number of aromatic nitrogens is 4. The minimum Gasteiger partial charge on any atom is -0.350 e. The molecule has 0 amide bonds. The van der Waals surface area contributed by atoms with Gasteiger partial charge in [0.1, 0.15) is 23.8 Å². The first-order valence-electron chi connectivity index (χ1n) is 12.6. The molecule has 0 radical (unpaired) electrons. The van der Waals surface area contributed by atoms with Gasteiger partial charge in [0.15, 0.2) is 15.7 Å². The summed E-state index contributed by atoms with van der Waals surface area (Å²) in [5.74, 6) is -1.55. The Morgan fingerprint density at radius 3 is 2.45 bits per heavy atom. The molecule has 1 saturated carbocycles. The van der Waals surface area contributed by atoms with Crippen LogP contribution in [0.2, 0.25) is 0 Å². The van der Waals surface area contributed by atoms with Crippen LogP contribution in [0.5, 0.6) is 0 Å². The summed E-state index contributed by atoms with van der Waals surface area (Å²) in [7, 11) is -3.53. The van der Waals surface area contributed by atoms with Crippen LogP contribution in [-0.4, -0.2) is 52.8 Å². The van der Waals surface area contributed by atoms with E-state index in [1.807, 2.05) is 6.92 Å².